The Balaban J connectivity index is 0.00000420. The van der Waals surface area contributed by atoms with Gasteiger partial charge in [0.25, 0.3) is 0 Å². The van der Waals surface area contributed by atoms with Crippen LogP contribution in [0.5, 0.6) is 5.75 Å². The number of carbonyl (C=O) groups is 1. The van der Waals surface area contributed by atoms with Gasteiger partial charge < -0.3 is 20.3 Å². The number of hydrogen-bond donors (Lipinski definition) is 2. The molecule has 2 rings (SSSR count). The number of amides is 1. The third-order valence-corrected chi connectivity index (χ3v) is 4.78. The van der Waals surface area contributed by atoms with E-state index in [1.807, 2.05) is 18.7 Å². The van der Waals surface area contributed by atoms with Crippen LogP contribution in [-0.2, 0) is 11.3 Å². The number of guanidine groups is 1. The number of nitrogens with one attached hydrogen (secondary N) is 2. The standard InChI is InChI=1S/C19H27ClF2N4O2.HI/c1-12(2)17(27)26-8-6-15(7-9-26)25-19(23-3)24-11-13-10-14(20)4-5-16(13)28-18(21)22;/h4-5,10,12,15,18H,6-9,11H2,1-3H3,(H2,23,24,25);1H. The molecule has 10 heteroatoms. The summed E-state index contributed by atoms with van der Waals surface area (Å²) in [7, 11) is 1.64. The maximum absolute atomic E-state index is 12.6. The highest BCUT2D eigenvalue weighted by Crippen LogP contribution is 2.24. The molecule has 0 aromatic heterocycles. The zero-order valence-electron chi connectivity index (χ0n) is 16.8. The molecule has 0 unspecified atom stereocenters. The van der Waals surface area contributed by atoms with Crippen molar-refractivity contribution < 1.29 is 18.3 Å². The van der Waals surface area contributed by atoms with E-state index in [1.165, 1.54) is 12.1 Å². The van der Waals surface area contributed by atoms with Crippen LogP contribution in [0.3, 0.4) is 0 Å². The molecule has 1 heterocycles. The second-order valence-electron chi connectivity index (χ2n) is 6.95. The molecule has 0 saturated carbocycles. The SMILES string of the molecule is CN=C(NCc1cc(Cl)ccc1OC(F)F)NC1CCN(C(=O)C(C)C)CC1.I. The van der Waals surface area contributed by atoms with Crippen LogP contribution in [0.4, 0.5) is 8.78 Å². The first-order valence-electron chi connectivity index (χ1n) is 9.29. The van der Waals surface area contributed by atoms with E-state index in [9.17, 15) is 13.6 Å². The summed E-state index contributed by atoms with van der Waals surface area (Å²) in [5, 5.41) is 6.85. The van der Waals surface area contributed by atoms with E-state index >= 15 is 0 Å². The molecule has 164 valence electrons. The first-order chi connectivity index (χ1) is 13.3. The van der Waals surface area contributed by atoms with Gasteiger partial charge in [-0.25, -0.2) is 0 Å². The van der Waals surface area contributed by atoms with Crippen molar-refractivity contribution >= 4 is 47.4 Å². The van der Waals surface area contributed by atoms with Gasteiger partial charge in [0.05, 0.1) is 0 Å². The number of carbonyl (C=O) groups excluding carboxylic acids is 1. The Morgan fingerprint density at radius 3 is 2.55 bits per heavy atom. The molecule has 1 fully saturated rings. The molecule has 2 N–H and O–H groups in total. The molecular formula is C19H28ClF2IN4O2. The molecule has 0 spiro atoms. The highest BCUT2D eigenvalue weighted by Gasteiger charge is 2.24. The number of halogens is 4. The summed E-state index contributed by atoms with van der Waals surface area (Å²) in [4.78, 5) is 18.1. The number of alkyl halides is 2. The fraction of sp³-hybridized carbons (Fsp3) is 0.579. The molecule has 0 atom stereocenters. The number of rotatable bonds is 6. The summed E-state index contributed by atoms with van der Waals surface area (Å²) < 4.78 is 29.7. The van der Waals surface area contributed by atoms with E-state index in [-0.39, 0.29) is 54.1 Å². The molecule has 0 bridgehead atoms. The smallest absolute Gasteiger partial charge is 0.387 e. The molecule has 29 heavy (non-hydrogen) atoms. The van der Waals surface area contributed by atoms with Gasteiger partial charge in [0.1, 0.15) is 5.75 Å². The molecule has 1 aliphatic rings. The fourth-order valence-electron chi connectivity index (χ4n) is 3.07. The molecule has 1 amide bonds. The van der Waals surface area contributed by atoms with Gasteiger partial charge in [0, 0.05) is 49.2 Å². The summed E-state index contributed by atoms with van der Waals surface area (Å²) in [6.07, 6.45) is 1.63. The monoisotopic (exact) mass is 544 g/mol. The molecule has 1 aliphatic heterocycles. The second-order valence-corrected chi connectivity index (χ2v) is 7.39. The second kappa shape index (κ2) is 12.4. The van der Waals surface area contributed by atoms with Crippen LogP contribution in [0, 0.1) is 5.92 Å². The summed E-state index contributed by atoms with van der Waals surface area (Å²) in [6.45, 7) is 2.53. The average Bonchev–Trinajstić information content (AvgIpc) is 2.66. The van der Waals surface area contributed by atoms with E-state index in [1.54, 1.807) is 13.1 Å². The normalized spacial score (nSPS) is 15.3. The van der Waals surface area contributed by atoms with Crippen LogP contribution in [-0.4, -0.2) is 49.6 Å². The van der Waals surface area contributed by atoms with Crippen molar-refractivity contribution in [1.82, 2.24) is 15.5 Å². The Kier molecular flexibility index (Phi) is 10.9. The Hall–Kier alpha value is -1.36. The summed E-state index contributed by atoms with van der Waals surface area (Å²) in [5.74, 6) is 0.800. The lowest BCUT2D eigenvalue weighted by molar-refractivity contribution is -0.135. The fourth-order valence-corrected chi connectivity index (χ4v) is 3.27. The third-order valence-electron chi connectivity index (χ3n) is 4.55. The van der Waals surface area contributed by atoms with Crippen LogP contribution >= 0.6 is 35.6 Å². The zero-order valence-corrected chi connectivity index (χ0v) is 19.8. The minimum absolute atomic E-state index is 0. The predicted octanol–water partition coefficient (Wildman–Crippen LogP) is 3.87. The summed E-state index contributed by atoms with van der Waals surface area (Å²) >= 11 is 5.97. The molecule has 1 aromatic rings. The van der Waals surface area contributed by atoms with Crippen LogP contribution in [0.25, 0.3) is 0 Å². The number of piperidine rings is 1. The van der Waals surface area contributed by atoms with Gasteiger partial charge in [0.15, 0.2) is 5.96 Å². The largest absolute Gasteiger partial charge is 0.434 e. The molecule has 1 saturated heterocycles. The van der Waals surface area contributed by atoms with Crippen molar-refractivity contribution in [3.63, 3.8) is 0 Å². The summed E-state index contributed by atoms with van der Waals surface area (Å²) in [5.41, 5.74) is 0.507. The van der Waals surface area contributed by atoms with Crippen LogP contribution < -0.4 is 15.4 Å². The van der Waals surface area contributed by atoms with Crippen molar-refractivity contribution in [3.05, 3.63) is 28.8 Å². The van der Waals surface area contributed by atoms with E-state index in [2.05, 4.69) is 20.4 Å². The lowest BCUT2D eigenvalue weighted by atomic mass is 10.0. The molecular weight excluding hydrogens is 517 g/mol. The average molecular weight is 545 g/mol. The van der Waals surface area contributed by atoms with Crippen molar-refractivity contribution in [2.75, 3.05) is 20.1 Å². The number of ether oxygens (including phenoxy) is 1. The zero-order chi connectivity index (χ0) is 20.7. The van der Waals surface area contributed by atoms with Crippen LogP contribution in [0.15, 0.2) is 23.2 Å². The van der Waals surface area contributed by atoms with Gasteiger partial charge in [-0.1, -0.05) is 25.4 Å². The van der Waals surface area contributed by atoms with Gasteiger partial charge in [-0.3, -0.25) is 9.79 Å². The number of likely N-dealkylation sites (tertiary alicyclic amines) is 1. The molecule has 0 aliphatic carbocycles. The molecule has 0 radical (unpaired) electrons. The van der Waals surface area contributed by atoms with Gasteiger partial charge in [-0.2, -0.15) is 8.78 Å². The molecule has 1 aromatic carbocycles. The Bertz CT molecular complexity index is 699. The predicted molar refractivity (Wildman–Crippen MR) is 121 cm³/mol. The van der Waals surface area contributed by atoms with Crippen molar-refractivity contribution in [2.24, 2.45) is 10.9 Å². The van der Waals surface area contributed by atoms with E-state index in [0.29, 0.717) is 29.6 Å². The van der Waals surface area contributed by atoms with E-state index in [4.69, 9.17) is 11.6 Å². The van der Waals surface area contributed by atoms with Crippen molar-refractivity contribution in [2.45, 2.75) is 45.9 Å². The van der Waals surface area contributed by atoms with Gasteiger partial charge >= 0.3 is 6.61 Å². The number of aliphatic imine (C=N–C) groups is 1. The first kappa shape index (κ1) is 25.7. The minimum Gasteiger partial charge on any atom is -0.434 e. The Labute approximate surface area is 192 Å². The van der Waals surface area contributed by atoms with E-state index in [0.717, 1.165) is 12.8 Å². The molecule has 6 nitrogen and oxygen atoms in total. The first-order valence-corrected chi connectivity index (χ1v) is 9.67. The van der Waals surface area contributed by atoms with E-state index < -0.39 is 6.61 Å². The van der Waals surface area contributed by atoms with Crippen LogP contribution in [0.2, 0.25) is 5.02 Å². The van der Waals surface area contributed by atoms with Crippen molar-refractivity contribution in [1.29, 1.82) is 0 Å². The highest BCUT2D eigenvalue weighted by atomic mass is 127. The Morgan fingerprint density at radius 1 is 1.34 bits per heavy atom. The van der Waals surface area contributed by atoms with Gasteiger partial charge in [0.2, 0.25) is 5.91 Å². The van der Waals surface area contributed by atoms with Gasteiger partial charge in [-0.15, -0.1) is 24.0 Å². The van der Waals surface area contributed by atoms with Crippen LogP contribution in [0.1, 0.15) is 32.3 Å². The lowest BCUT2D eigenvalue weighted by Gasteiger charge is -2.34. The maximum Gasteiger partial charge on any atom is 0.387 e. The lowest BCUT2D eigenvalue weighted by Crippen LogP contribution is -2.50. The summed E-state index contributed by atoms with van der Waals surface area (Å²) in [6, 6.07) is 4.68. The Morgan fingerprint density at radius 2 is 2.00 bits per heavy atom. The maximum atomic E-state index is 12.6. The quantitative estimate of drug-likeness (QED) is 0.324. The highest BCUT2D eigenvalue weighted by molar-refractivity contribution is 14.0. The third kappa shape index (κ3) is 8.12. The van der Waals surface area contributed by atoms with Gasteiger partial charge in [-0.05, 0) is 31.0 Å². The van der Waals surface area contributed by atoms with Crippen molar-refractivity contribution in [3.8, 4) is 5.75 Å². The number of nitrogens with zero attached hydrogens (tertiary/aromatic N) is 2. The number of hydrogen-bond acceptors (Lipinski definition) is 3. The minimum atomic E-state index is -2.91. The number of benzene rings is 1. The topological polar surface area (TPSA) is 66.0 Å².